The Morgan fingerprint density at radius 3 is 1.32 bits per heavy atom. The van der Waals surface area contributed by atoms with E-state index in [-0.39, 0.29) is 12.2 Å². The van der Waals surface area contributed by atoms with Crippen LogP contribution in [0.1, 0.15) is 91.9 Å². The van der Waals surface area contributed by atoms with Gasteiger partial charge in [-0.25, -0.2) is 0 Å². The minimum atomic E-state index is -1.43. The second-order valence-electron chi connectivity index (χ2n) is 7.97. The van der Waals surface area contributed by atoms with Gasteiger partial charge in [0.25, 0.3) is 0 Å². The molecular weight excluding hydrogens is 480 g/mol. The summed E-state index contributed by atoms with van der Waals surface area (Å²) in [6.45, 7) is 10.9. The summed E-state index contributed by atoms with van der Waals surface area (Å²) < 4.78 is 22.7. The highest BCUT2D eigenvalue weighted by atomic mass is 35.6. The minimum absolute atomic E-state index is 0.198. The van der Waals surface area contributed by atoms with Gasteiger partial charge in [0.1, 0.15) is 0 Å². The fraction of sp³-hybridized carbons (Fsp3) is 1.00. The Hall–Kier alpha value is 1.13. The Bertz CT molecular complexity index is 386. The SMILES string of the molecule is CCCCOB(OCCCC)[C@H](C[C@@H](Cl)B(OCCCC)OCCCC)CC(Cl)(Cl)Cl. The molecule has 0 saturated carbocycles. The summed E-state index contributed by atoms with van der Waals surface area (Å²) in [6, 6.07) is 0. The van der Waals surface area contributed by atoms with Gasteiger partial charge in [-0.2, -0.15) is 0 Å². The van der Waals surface area contributed by atoms with Crippen LogP contribution in [-0.2, 0) is 18.6 Å². The van der Waals surface area contributed by atoms with Gasteiger partial charge in [0, 0.05) is 26.4 Å². The Kier molecular flexibility index (Phi) is 21.2. The molecule has 0 aromatic rings. The second kappa shape index (κ2) is 20.5. The van der Waals surface area contributed by atoms with Crippen LogP contribution in [0.3, 0.4) is 0 Å². The van der Waals surface area contributed by atoms with E-state index in [9.17, 15) is 0 Å². The number of hydrogen-bond acceptors (Lipinski definition) is 4. The average molecular weight is 522 g/mol. The Labute approximate surface area is 211 Å². The lowest BCUT2D eigenvalue weighted by molar-refractivity contribution is 0.175. The van der Waals surface area contributed by atoms with E-state index in [2.05, 4.69) is 27.7 Å². The van der Waals surface area contributed by atoms with Crippen LogP contribution >= 0.6 is 46.4 Å². The third-order valence-corrected chi connectivity index (χ3v) is 5.67. The molecule has 0 amide bonds. The highest BCUT2D eigenvalue weighted by molar-refractivity contribution is 6.68. The lowest BCUT2D eigenvalue weighted by Gasteiger charge is -2.29. The first-order chi connectivity index (χ1) is 14.8. The first-order valence-corrected chi connectivity index (χ1v) is 13.5. The summed E-state index contributed by atoms with van der Waals surface area (Å²) in [5.41, 5.74) is 0. The Morgan fingerprint density at radius 2 is 1.00 bits per heavy atom. The molecule has 0 aliphatic heterocycles. The van der Waals surface area contributed by atoms with E-state index >= 15 is 0 Å². The molecule has 0 N–H and O–H groups in total. The molecule has 0 aromatic carbocycles. The van der Waals surface area contributed by atoms with Crippen molar-refractivity contribution in [2.75, 3.05) is 26.4 Å². The van der Waals surface area contributed by atoms with Gasteiger partial charge in [0.05, 0.1) is 5.28 Å². The summed E-state index contributed by atoms with van der Waals surface area (Å²) in [4.78, 5) is 0. The molecule has 31 heavy (non-hydrogen) atoms. The molecule has 0 bridgehead atoms. The third-order valence-electron chi connectivity index (χ3n) is 4.82. The van der Waals surface area contributed by atoms with Crippen molar-refractivity contribution in [2.45, 2.75) is 107 Å². The van der Waals surface area contributed by atoms with E-state index in [1.54, 1.807) is 0 Å². The zero-order chi connectivity index (χ0) is 23.5. The molecule has 0 aliphatic rings. The molecule has 0 spiro atoms. The van der Waals surface area contributed by atoms with Crippen molar-refractivity contribution in [3.05, 3.63) is 0 Å². The summed E-state index contributed by atoms with van der Waals surface area (Å²) >= 11 is 25.3. The first kappa shape index (κ1) is 32.1. The smallest absolute Gasteiger partial charge is 0.411 e. The molecule has 0 saturated heterocycles. The number of rotatable bonds is 21. The van der Waals surface area contributed by atoms with Crippen molar-refractivity contribution < 1.29 is 18.6 Å². The highest BCUT2D eigenvalue weighted by Gasteiger charge is 2.41. The minimum Gasteiger partial charge on any atom is -0.411 e. The van der Waals surface area contributed by atoms with Crippen molar-refractivity contribution in [1.29, 1.82) is 0 Å². The molecule has 0 aliphatic carbocycles. The number of hydrogen-bond donors (Lipinski definition) is 0. The standard InChI is InChI=1S/C21H42B2Cl4O4/c1-5-9-13-28-22(29-14-10-6-2)19(18-21(25,26)27)17-20(24)23(30-15-11-7-3)31-16-12-8-4/h19-20H,5-18H2,1-4H3/t19-,20-/m1/s1. The van der Waals surface area contributed by atoms with Crippen molar-refractivity contribution >= 4 is 60.6 Å². The van der Waals surface area contributed by atoms with E-state index in [0.29, 0.717) is 32.8 Å². The average Bonchev–Trinajstić information content (AvgIpc) is 2.70. The van der Waals surface area contributed by atoms with Crippen molar-refractivity contribution in [3.8, 4) is 0 Å². The fourth-order valence-electron chi connectivity index (χ4n) is 2.94. The fourth-order valence-corrected chi connectivity index (χ4v) is 3.91. The molecule has 0 aromatic heterocycles. The predicted molar refractivity (Wildman–Crippen MR) is 138 cm³/mol. The highest BCUT2D eigenvalue weighted by Crippen LogP contribution is 2.40. The quantitative estimate of drug-likeness (QED) is 0.0874. The van der Waals surface area contributed by atoms with E-state index in [1.165, 1.54) is 0 Å². The molecule has 0 unspecified atom stereocenters. The van der Waals surface area contributed by atoms with Crippen LogP contribution in [0.25, 0.3) is 0 Å². The van der Waals surface area contributed by atoms with Gasteiger partial charge in [-0.1, -0.05) is 88.2 Å². The van der Waals surface area contributed by atoms with Crippen LogP contribution in [0.2, 0.25) is 5.82 Å². The van der Waals surface area contributed by atoms with Crippen LogP contribution < -0.4 is 0 Å². The maximum atomic E-state index is 6.80. The molecular formula is C21H42B2Cl4O4. The molecule has 10 heteroatoms. The van der Waals surface area contributed by atoms with Crippen LogP contribution in [0, 0.1) is 0 Å². The van der Waals surface area contributed by atoms with Crippen LogP contribution in [0.15, 0.2) is 0 Å². The van der Waals surface area contributed by atoms with Gasteiger partial charge < -0.3 is 18.6 Å². The van der Waals surface area contributed by atoms with Gasteiger partial charge in [0.2, 0.25) is 0 Å². The maximum absolute atomic E-state index is 6.80. The summed E-state index contributed by atoms with van der Waals surface area (Å²) in [6.07, 6.45) is 8.74. The predicted octanol–water partition coefficient (Wildman–Crippen LogP) is 7.90. The molecule has 0 rings (SSSR count). The largest absolute Gasteiger partial charge is 0.475 e. The van der Waals surface area contributed by atoms with Gasteiger partial charge in [-0.05, 0) is 44.3 Å². The van der Waals surface area contributed by atoms with Crippen LogP contribution in [-0.4, -0.2) is 49.7 Å². The molecule has 184 valence electrons. The van der Waals surface area contributed by atoms with Crippen molar-refractivity contribution in [1.82, 2.24) is 0 Å². The molecule has 0 fully saturated rings. The van der Waals surface area contributed by atoms with Crippen LogP contribution in [0.5, 0.6) is 0 Å². The number of unbranched alkanes of at least 4 members (excludes halogenated alkanes) is 4. The van der Waals surface area contributed by atoms with Crippen LogP contribution in [0.4, 0.5) is 0 Å². The van der Waals surface area contributed by atoms with Gasteiger partial charge in [0.15, 0.2) is 3.79 Å². The lowest BCUT2D eigenvalue weighted by Crippen LogP contribution is -2.39. The van der Waals surface area contributed by atoms with E-state index in [0.717, 1.165) is 51.4 Å². The summed E-state index contributed by atoms with van der Waals surface area (Å²) in [5.74, 6) is -0.198. The Morgan fingerprint density at radius 1 is 0.645 bits per heavy atom. The topological polar surface area (TPSA) is 36.9 Å². The summed E-state index contributed by atoms with van der Waals surface area (Å²) in [5, 5.41) is -0.405. The maximum Gasteiger partial charge on any atom is 0.475 e. The lowest BCUT2D eigenvalue weighted by atomic mass is 9.63. The third kappa shape index (κ3) is 18.2. The first-order valence-electron chi connectivity index (χ1n) is 12.0. The van der Waals surface area contributed by atoms with Gasteiger partial charge >= 0.3 is 14.2 Å². The second-order valence-corrected chi connectivity index (χ2v) is 11.0. The normalized spacial score (nSPS) is 13.9. The van der Waals surface area contributed by atoms with E-state index < -0.39 is 23.3 Å². The van der Waals surface area contributed by atoms with Crippen molar-refractivity contribution in [3.63, 3.8) is 0 Å². The zero-order valence-corrected chi connectivity index (χ0v) is 22.9. The Balaban J connectivity index is 5.29. The van der Waals surface area contributed by atoms with Gasteiger partial charge in [-0.15, -0.1) is 11.6 Å². The summed E-state index contributed by atoms with van der Waals surface area (Å²) in [7, 11) is -0.994. The van der Waals surface area contributed by atoms with E-state index in [1.807, 2.05) is 0 Å². The molecule has 0 radical (unpaired) electrons. The van der Waals surface area contributed by atoms with E-state index in [4.69, 9.17) is 65.0 Å². The molecule has 4 nitrogen and oxygen atoms in total. The monoisotopic (exact) mass is 520 g/mol. The number of halogens is 4. The van der Waals surface area contributed by atoms with Crippen molar-refractivity contribution in [2.24, 2.45) is 0 Å². The zero-order valence-electron chi connectivity index (χ0n) is 19.9. The number of alkyl halides is 4. The van der Waals surface area contributed by atoms with Gasteiger partial charge in [-0.3, -0.25) is 0 Å². The molecule has 2 atom stereocenters. The molecule has 0 heterocycles.